The molecule has 0 bridgehead atoms. The first kappa shape index (κ1) is 24.6. The average Bonchev–Trinajstić information content (AvgIpc) is 3.05. The summed E-state index contributed by atoms with van der Waals surface area (Å²) < 4.78 is 0. The summed E-state index contributed by atoms with van der Waals surface area (Å²) in [5.74, 6) is 0.790. The van der Waals surface area contributed by atoms with Gasteiger partial charge in [-0.2, -0.15) is 6.07 Å². The minimum absolute atomic E-state index is 0. The number of aryl methyl sites for hydroxylation is 1. The second kappa shape index (κ2) is 11.5. The Bertz CT molecular complexity index is 814. The molecule has 1 saturated carbocycles. The van der Waals surface area contributed by atoms with E-state index in [0.29, 0.717) is 0 Å². The Morgan fingerprint density at radius 1 is 0.926 bits per heavy atom. The number of hydrogen-bond acceptors (Lipinski definition) is 0. The minimum atomic E-state index is 0. The van der Waals surface area contributed by atoms with E-state index in [2.05, 4.69) is 61.5 Å². The zero-order valence-electron chi connectivity index (χ0n) is 16.0. The molecule has 0 amide bonds. The molecule has 0 aromatic heterocycles. The Morgan fingerprint density at radius 3 is 2.30 bits per heavy atom. The van der Waals surface area contributed by atoms with Gasteiger partial charge in [0, 0.05) is 0 Å². The number of hydrogen-bond donors (Lipinski definition) is 0. The van der Waals surface area contributed by atoms with Gasteiger partial charge in [0.2, 0.25) is 0 Å². The van der Waals surface area contributed by atoms with Gasteiger partial charge in [0.25, 0.3) is 0 Å². The quantitative estimate of drug-likeness (QED) is 0.496. The Labute approximate surface area is 195 Å². The molecule has 1 radical (unpaired) electrons. The molecular formula is C24H27Cl2Zr. The molecule has 3 aromatic rings. The Hall–Kier alpha value is -0.487. The van der Waals surface area contributed by atoms with Crippen molar-refractivity contribution in [3.8, 4) is 11.1 Å². The SMILES string of the molecule is CCCc1cc2c(-c3ccc(C4CCCCC4)cc3)cccc2[cH-]1.[Cl-].[Cl-].[Zr+3]. The smallest absolute Gasteiger partial charge is 1.00 e. The third kappa shape index (κ3) is 5.53. The van der Waals surface area contributed by atoms with Crippen LogP contribution < -0.4 is 24.8 Å². The van der Waals surface area contributed by atoms with Crippen molar-refractivity contribution in [2.24, 2.45) is 0 Å². The van der Waals surface area contributed by atoms with Gasteiger partial charge in [-0.3, -0.25) is 0 Å². The predicted octanol–water partition coefficient (Wildman–Crippen LogP) is 1.23. The fourth-order valence-corrected chi connectivity index (χ4v) is 4.35. The van der Waals surface area contributed by atoms with Crippen LogP contribution in [0.2, 0.25) is 0 Å². The minimum Gasteiger partial charge on any atom is -1.00 e. The van der Waals surface area contributed by atoms with E-state index >= 15 is 0 Å². The van der Waals surface area contributed by atoms with Crippen LogP contribution in [0, 0.1) is 0 Å². The van der Waals surface area contributed by atoms with Gasteiger partial charge in [-0.25, -0.2) is 0 Å². The first-order valence-corrected chi connectivity index (χ1v) is 9.64. The first-order chi connectivity index (χ1) is 11.8. The second-order valence-corrected chi connectivity index (χ2v) is 7.38. The molecule has 3 heteroatoms. The maximum atomic E-state index is 2.39. The van der Waals surface area contributed by atoms with Crippen LogP contribution in [-0.4, -0.2) is 0 Å². The molecule has 0 N–H and O–H groups in total. The predicted molar refractivity (Wildman–Crippen MR) is 105 cm³/mol. The summed E-state index contributed by atoms with van der Waals surface area (Å²) in [7, 11) is 0. The van der Waals surface area contributed by atoms with Crippen LogP contribution in [0.3, 0.4) is 0 Å². The Kier molecular flexibility index (Phi) is 10.5. The van der Waals surface area contributed by atoms with E-state index in [0.717, 1.165) is 5.92 Å². The van der Waals surface area contributed by atoms with E-state index in [9.17, 15) is 0 Å². The van der Waals surface area contributed by atoms with Crippen molar-refractivity contribution in [2.75, 3.05) is 0 Å². The number of fused-ring (bicyclic) bond motifs is 1. The molecular weight excluding hydrogens is 450 g/mol. The summed E-state index contributed by atoms with van der Waals surface area (Å²) >= 11 is 0. The third-order valence-electron chi connectivity index (χ3n) is 5.65. The van der Waals surface area contributed by atoms with E-state index in [4.69, 9.17) is 0 Å². The zero-order chi connectivity index (χ0) is 16.4. The molecule has 0 aliphatic heterocycles. The molecule has 1 fully saturated rings. The van der Waals surface area contributed by atoms with Crippen LogP contribution in [0.25, 0.3) is 21.9 Å². The van der Waals surface area contributed by atoms with Gasteiger partial charge >= 0.3 is 26.2 Å². The van der Waals surface area contributed by atoms with E-state index in [-0.39, 0.29) is 51.0 Å². The maximum absolute atomic E-state index is 2.39. The van der Waals surface area contributed by atoms with Crippen molar-refractivity contribution in [2.45, 2.75) is 57.8 Å². The molecule has 1 aliphatic rings. The molecule has 0 heterocycles. The van der Waals surface area contributed by atoms with Gasteiger partial charge in [0.15, 0.2) is 0 Å². The fourth-order valence-electron chi connectivity index (χ4n) is 4.35. The topological polar surface area (TPSA) is 0 Å². The van der Waals surface area contributed by atoms with Crippen LogP contribution >= 0.6 is 0 Å². The summed E-state index contributed by atoms with van der Waals surface area (Å²) in [5, 5.41) is 2.79. The van der Waals surface area contributed by atoms with Crippen molar-refractivity contribution in [3.05, 3.63) is 65.7 Å². The first-order valence-electron chi connectivity index (χ1n) is 9.64. The normalized spacial score (nSPS) is 14.1. The Balaban J connectivity index is 0.00000121. The molecule has 0 saturated heterocycles. The average molecular weight is 478 g/mol. The molecule has 3 aromatic carbocycles. The zero-order valence-corrected chi connectivity index (χ0v) is 19.9. The van der Waals surface area contributed by atoms with E-state index in [1.54, 1.807) is 5.56 Å². The van der Waals surface area contributed by atoms with Crippen molar-refractivity contribution < 1.29 is 51.0 Å². The van der Waals surface area contributed by atoms with Gasteiger partial charge in [-0.05, 0) is 36.3 Å². The molecule has 1 aliphatic carbocycles. The van der Waals surface area contributed by atoms with Crippen LogP contribution in [0.4, 0.5) is 0 Å². The summed E-state index contributed by atoms with van der Waals surface area (Å²) in [6.45, 7) is 2.25. The van der Waals surface area contributed by atoms with Gasteiger partial charge in [0.05, 0.1) is 0 Å². The van der Waals surface area contributed by atoms with Crippen LogP contribution in [0.15, 0.2) is 54.6 Å². The van der Waals surface area contributed by atoms with Gasteiger partial charge < -0.3 is 24.8 Å². The molecule has 27 heavy (non-hydrogen) atoms. The Morgan fingerprint density at radius 2 is 1.63 bits per heavy atom. The standard InChI is InChI=1S/C24H27.2ClH.Zr/c1-2-7-18-16-22-10-6-11-23(24(22)17-18)21-14-12-20(13-15-21)19-8-4-3-5-9-19;;;/h6,10-17,19H,2-5,7-9H2,1H3;2*1H;/q-1;;;+3/p-2. The molecule has 0 nitrogen and oxygen atoms in total. The molecule has 0 spiro atoms. The van der Waals surface area contributed by atoms with Gasteiger partial charge in [0.1, 0.15) is 0 Å². The van der Waals surface area contributed by atoms with Gasteiger partial charge in [-0.1, -0.05) is 68.5 Å². The number of halogens is 2. The monoisotopic (exact) mass is 475 g/mol. The third-order valence-corrected chi connectivity index (χ3v) is 5.65. The van der Waals surface area contributed by atoms with E-state index in [1.807, 2.05) is 0 Å². The van der Waals surface area contributed by atoms with Crippen molar-refractivity contribution in [1.82, 2.24) is 0 Å². The van der Waals surface area contributed by atoms with Crippen LogP contribution in [-0.2, 0) is 32.6 Å². The molecule has 0 unspecified atom stereocenters. The van der Waals surface area contributed by atoms with Crippen molar-refractivity contribution in [1.29, 1.82) is 0 Å². The summed E-state index contributed by atoms with van der Waals surface area (Å²) in [6, 6.07) is 20.9. The summed E-state index contributed by atoms with van der Waals surface area (Å²) in [4.78, 5) is 0. The number of rotatable bonds is 4. The number of benzene rings is 2. The summed E-state index contributed by atoms with van der Waals surface area (Å²) in [6.07, 6.45) is 9.36. The second-order valence-electron chi connectivity index (χ2n) is 7.38. The molecule has 141 valence electrons. The fraction of sp³-hybridized carbons (Fsp3) is 0.375. The van der Waals surface area contributed by atoms with Crippen molar-refractivity contribution >= 4 is 10.8 Å². The van der Waals surface area contributed by atoms with Crippen LogP contribution in [0.5, 0.6) is 0 Å². The maximum Gasteiger partial charge on any atom is 3.00 e. The van der Waals surface area contributed by atoms with Crippen LogP contribution in [0.1, 0.15) is 62.5 Å². The molecule has 0 atom stereocenters. The van der Waals surface area contributed by atoms with E-state index in [1.165, 1.54) is 72.4 Å². The molecule has 4 rings (SSSR count). The van der Waals surface area contributed by atoms with Gasteiger partial charge in [-0.15, -0.1) is 34.5 Å². The van der Waals surface area contributed by atoms with Crippen molar-refractivity contribution in [3.63, 3.8) is 0 Å². The largest absolute Gasteiger partial charge is 3.00 e. The van der Waals surface area contributed by atoms with E-state index < -0.39 is 0 Å². The summed E-state index contributed by atoms with van der Waals surface area (Å²) in [5.41, 5.74) is 5.75.